The van der Waals surface area contributed by atoms with Crippen LogP contribution >= 0.6 is 0 Å². The Morgan fingerprint density at radius 3 is 2.43 bits per heavy atom. The van der Waals surface area contributed by atoms with Crippen molar-refractivity contribution in [2.45, 2.75) is 19.7 Å². The highest BCUT2D eigenvalue weighted by atomic mass is 19.2. The Bertz CT molecular complexity index is 1120. The lowest BCUT2D eigenvalue weighted by Gasteiger charge is -2.09. The number of rotatable bonds is 6. The predicted octanol–water partition coefficient (Wildman–Crippen LogP) is 4.09. The molecule has 1 heterocycles. The van der Waals surface area contributed by atoms with E-state index in [0.717, 1.165) is 33.9 Å². The summed E-state index contributed by atoms with van der Waals surface area (Å²) in [6.45, 7) is 1.02. The summed E-state index contributed by atoms with van der Waals surface area (Å²) in [4.78, 5) is 4.42. The van der Waals surface area contributed by atoms with E-state index in [1.807, 2.05) is 41.0 Å². The van der Waals surface area contributed by atoms with Gasteiger partial charge < -0.3 is 10.4 Å². The van der Waals surface area contributed by atoms with Crippen LogP contribution in [-0.4, -0.2) is 14.7 Å². The maximum atomic E-state index is 13.3. The van der Waals surface area contributed by atoms with Crippen LogP contribution in [0.4, 0.5) is 8.78 Å². The minimum Gasteiger partial charge on any atom is -0.392 e. The first-order valence-corrected chi connectivity index (χ1v) is 8.95. The Morgan fingerprint density at radius 2 is 1.64 bits per heavy atom. The summed E-state index contributed by atoms with van der Waals surface area (Å²) in [5.41, 5.74) is 5.35. The van der Waals surface area contributed by atoms with E-state index >= 15 is 0 Å². The van der Waals surface area contributed by atoms with Crippen molar-refractivity contribution in [3.8, 4) is 5.69 Å². The standard InChI is InChI=1S/C22H19F2N3O/c23-19-6-4-16(9-20(19)24)12-25-11-15-2-1-3-18(8-15)27-14-26-21-10-17(13-28)5-7-22(21)27/h1-10,14,25,28H,11-13H2. The Hall–Kier alpha value is -3.09. The third-order valence-corrected chi connectivity index (χ3v) is 4.63. The van der Waals surface area contributed by atoms with Crippen LogP contribution in [0.25, 0.3) is 16.7 Å². The van der Waals surface area contributed by atoms with Crippen LogP contribution in [0.3, 0.4) is 0 Å². The number of halogens is 2. The highest BCUT2D eigenvalue weighted by Crippen LogP contribution is 2.20. The van der Waals surface area contributed by atoms with Crippen LogP contribution in [-0.2, 0) is 19.7 Å². The minimum absolute atomic E-state index is 0.0120. The Morgan fingerprint density at radius 1 is 0.857 bits per heavy atom. The van der Waals surface area contributed by atoms with Crippen molar-refractivity contribution in [2.24, 2.45) is 0 Å². The molecule has 0 atom stereocenters. The molecule has 142 valence electrons. The van der Waals surface area contributed by atoms with Gasteiger partial charge >= 0.3 is 0 Å². The minimum atomic E-state index is -0.838. The molecule has 2 N–H and O–H groups in total. The molecule has 6 heteroatoms. The molecule has 0 fully saturated rings. The van der Waals surface area contributed by atoms with Gasteiger partial charge in [-0.25, -0.2) is 13.8 Å². The third kappa shape index (κ3) is 3.78. The molecule has 0 unspecified atom stereocenters. The normalized spacial score (nSPS) is 11.2. The Balaban J connectivity index is 1.49. The first kappa shape index (κ1) is 18.3. The van der Waals surface area contributed by atoms with Crippen LogP contribution in [0.5, 0.6) is 0 Å². The average Bonchev–Trinajstić information content (AvgIpc) is 3.14. The van der Waals surface area contributed by atoms with E-state index in [9.17, 15) is 13.9 Å². The third-order valence-electron chi connectivity index (χ3n) is 4.63. The molecule has 1 aromatic heterocycles. The Labute approximate surface area is 161 Å². The van der Waals surface area contributed by atoms with Crippen LogP contribution in [0.15, 0.2) is 67.0 Å². The van der Waals surface area contributed by atoms with Gasteiger partial charge in [0.05, 0.1) is 17.6 Å². The van der Waals surface area contributed by atoms with Crippen molar-refractivity contribution in [3.05, 3.63) is 95.3 Å². The summed E-state index contributed by atoms with van der Waals surface area (Å²) in [7, 11) is 0. The van der Waals surface area contributed by atoms with Gasteiger partial charge in [0.1, 0.15) is 6.33 Å². The summed E-state index contributed by atoms with van der Waals surface area (Å²) < 4.78 is 28.3. The summed E-state index contributed by atoms with van der Waals surface area (Å²) in [5, 5.41) is 12.5. The SMILES string of the molecule is OCc1ccc2c(c1)ncn2-c1cccc(CNCc2ccc(F)c(F)c2)c1. The van der Waals surface area contributed by atoms with Gasteiger partial charge in [0.2, 0.25) is 0 Å². The molecular formula is C22H19F2N3O. The van der Waals surface area contributed by atoms with E-state index < -0.39 is 11.6 Å². The molecular weight excluding hydrogens is 360 g/mol. The zero-order valence-corrected chi connectivity index (χ0v) is 15.1. The number of nitrogens with zero attached hydrogens (tertiary/aromatic N) is 2. The largest absolute Gasteiger partial charge is 0.392 e. The maximum Gasteiger partial charge on any atom is 0.159 e. The lowest BCUT2D eigenvalue weighted by atomic mass is 10.1. The van der Waals surface area contributed by atoms with Gasteiger partial charge in [-0.05, 0) is 53.1 Å². The number of imidazole rings is 1. The van der Waals surface area contributed by atoms with Crippen LogP contribution < -0.4 is 5.32 Å². The first-order valence-electron chi connectivity index (χ1n) is 8.95. The first-order chi connectivity index (χ1) is 13.6. The Kier molecular flexibility index (Phi) is 5.14. The van der Waals surface area contributed by atoms with Crippen molar-refractivity contribution in [3.63, 3.8) is 0 Å². The second kappa shape index (κ2) is 7.88. The van der Waals surface area contributed by atoms with E-state index in [2.05, 4.69) is 16.4 Å². The van der Waals surface area contributed by atoms with Gasteiger partial charge in [0.25, 0.3) is 0 Å². The zero-order valence-electron chi connectivity index (χ0n) is 15.1. The molecule has 0 aliphatic carbocycles. The van der Waals surface area contributed by atoms with Crippen LogP contribution in [0, 0.1) is 11.6 Å². The zero-order chi connectivity index (χ0) is 19.5. The molecule has 0 radical (unpaired) electrons. The van der Waals surface area contributed by atoms with Gasteiger partial charge in [-0.2, -0.15) is 0 Å². The average molecular weight is 379 g/mol. The van der Waals surface area contributed by atoms with Crippen molar-refractivity contribution in [2.75, 3.05) is 0 Å². The van der Waals surface area contributed by atoms with Crippen molar-refractivity contribution in [1.82, 2.24) is 14.9 Å². The molecule has 0 amide bonds. The molecule has 3 aromatic carbocycles. The molecule has 0 bridgehead atoms. The van der Waals surface area contributed by atoms with Gasteiger partial charge in [-0.3, -0.25) is 4.57 Å². The van der Waals surface area contributed by atoms with E-state index in [1.54, 1.807) is 12.4 Å². The lowest BCUT2D eigenvalue weighted by Crippen LogP contribution is -2.13. The van der Waals surface area contributed by atoms with Crippen molar-refractivity contribution < 1.29 is 13.9 Å². The molecule has 0 saturated carbocycles. The molecule has 0 aliphatic heterocycles. The van der Waals surface area contributed by atoms with Crippen molar-refractivity contribution >= 4 is 11.0 Å². The predicted molar refractivity (Wildman–Crippen MR) is 104 cm³/mol. The number of hydrogen-bond acceptors (Lipinski definition) is 3. The second-order valence-electron chi connectivity index (χ2n) is 6.62. The molecule has 28 heavy (non-hydrogen) atoms. The fourth-order valence-corrected chi connectivity index (χ4v) is 3.18. The lowest BCUT2D eigenvalue weighted by molar-refractivity contribution is 0.282. The van der Waals surface area contributed by atoms with E-state index in [0.29, 0.717) is 18.7 Å². The number of aliphatic hydroxyl groups excluding tert-OH is 1. The topological polar surface area (TPSA) is 50.1 Å². The fourth-order valence-electron chi connectivity index (χ4n) is 3.18. The summed E-state index contributed by atoms with van der Waals surface area (Å²) in [6, 6.07) is 17.6. The molecule has 0 aliphatic rings. The van der Waals surface area contributed by atoms with Gasteiger partial charge in [-0.1, -0.05) is 24.3 Å². The monoisotopic (exact) mass is 379 g/mol. The van der Waals surface area contributed by atoms with E-state index in [1.165, 1.54) is 6.07 Å². The van der Waals surface area contributed by atoms with Crippen LogP contribution in [0.2, 0.25) is 0 Å². The number of benzene rings is 3. The highest BCUT2D eigenvalue weighted by molar-refractivity contribution is 5.78. The molecule has 4 rings (SSSR count). The molecule has 4 nitrogen and oxygen atoms in total. The number of fused-ring (bicyclic) bond motifs is 1. The molecule has 0 spiro atoms. The molecule has 0 saturated heterocycles. The van der Waals surface area contributed by atoms with Gasteiger partial charge in [-0.15, -0.1) is 0 Å². The summed E-state index contributed by atoms with van der Waals surface area (Å²) >= 11 is 0. The summed E-state index contributed by atoms with van der Waals surface area (Å²) in [6.07, 6.45) is 1.76. The summed E-state index contributed by atoms with van der Waals surface area (Å²) in [5.74, 6) is -1.67. The maximum absolute atomic E-state index is 13.3. The number of hydrogen-bond donors (Lipinski definition) is 2. The quantitative estimate of drug-likeness (QED) is 0.531. The van der Waals surface area contributed by atoms with Gasteiger partial charge in [0, 0.05) is 18.8 Å². The molecule has 4 aromatic rings. The highest BCUT2D eigenvalue weighted by Gasteiger charge is 2.07. The van der Waals surface area contributed by atoms with Crippen molar-refractivity contribution in [1.29, 1.82) is 0 Å². The smallest absolute Gasteiger partial charge is 0.159 e. The number of aromatic nitrogens is 2. The van der Waals surface area contributed by atoms with E-state index in [4.69, 9.17) is 0 Å². The van der Waals surface area contributed by atoms with E-state index in [-0.39, 0.29) is 6.61 Å². The van der Waals surface area contributed by atoms with Crippen LogP contribution in [0.1, 0.15) is 16.7 Å². The fraction of sp³-hybridized carbons (Fsp3) is 0.136. The second-order valence-corrected chi connectivity index (χ2v) is 6.62. The van der Waals surface area contributed by atoms with Gasteiger partial charge in [0.15, 0.2) is 11.6 Å². The number of aliphatic hydroxyl groups is 1. The number of nitrogens with one attached hydrogen (secondary N) is 1.